The Labute approximate surface area is 223 Å². The minimum absolute atomic E-state index is 0.140. The fourth-order valence-electron chi connectivity index (χ4n) is 5.02. The van der Waals surface area contributed by atoms with Gasteiger partial charge in [-0.2, -0.15) is 4.98 Å². The summed E-state index contributed by atoms with van der Waals surface area (Å²) in [6.07, 6.45) is 4.88. The molecule has 1 aromatic carbocycles. The standard InChI is InChI=1S/C27H40N8O3/c1-27(2,29)24(36)33-14-16-34(17-15-33)25(37)30-23-10-13-35(26(38)31-23)22-7-5-20(6-8-22)4-3-11-32-12-9-21(18-28)19-32/h5-8,10,13,21H,3-4,9,11-12,14-19,28-29H2,1-2H3,(H,30,31,37,38). The summed E-state index contributed by atoms with van der Waals surface area (Å²) in [7, 11) is 0. The fraction of sp³-hybridized carbons (Fsp3) is 0.556. The third kappa shape index (κ3) is 6.97. The van der Waals surface area contributed by atoms with Crippen molar-refractivity contribution in [3.05, 3.63) is 52.6 Å². The third-order valence-corrected chi connectivity index (χ3v) is 7.30. The van der Waals surface area contributed by atoms with Crippen molar-refractivity contribution in [1.29, 1.82) is 0 Å². The van der Waals surface area contributed by atoms with Crippen LogP contribution in [0.3, 0.4) is 0 Å². The number of amides is 3. The highest BCUT2D eigenvalue weighted by atomic mass is 16.2. The van der Waals surface area contributed by atoms with Crippen LogP contribution in [0, 0.1) is 5.92 Å². The molecule has 11 nitrogen and oxygen atoms in total. The highest BCUT2D eigenvalue weighted by Crippen LogP contribution is 2.16. The van der Waals surface area contributed by atoms with Crippen LogP contribution in [0.1, 0.15) is 32.3 Å². The predicted molar refractivity (Wildman–Crippen MR) is 147 cm³/mol. The van der Waals surface area contributed by atoms with E-state index in [4.69, 9.17) is 11.5 Å². The second-order valence-electron chi connectivity index (χ2n) is 10.9. The van der Waals surface area contributed by atoms with E-state index in [2.05, 4.69) is 15.2 Å². The van der Waals surface area contributed by atoms with Crippen LogP contribution in [0.5, 0.6) is 0 Å². The highest BCUT2D eigenvalue weighted by Gasteiger charge is 2.31. The molecule has 2 saturated heterocycles. The molecule has 3 heterocycles. The van der Waals surface area contributed by atoms with Crippen LogP contribution >= 0.6 is 0 Å². The molecule has 1 unspecified atom stereocenters. The molecule has 0 bridgehead atoms. The zero-order valence-electron chi connectivity index (χ0n) is 22.4. The summed E-state index contributed by atoms with van der Waals surface area (Å²) >= 11 is 0. The lowest BCUT2D eigenvalue weighted by molar-refractivity contribution is -0.137. The molecule has 0 spiro atoms. The number of carbonyl (C=O) groups excluding carboxylic acids is 2. The van der Waals surface area contributed by atoms with E-state index in [9.17, 15) is 14.4 Å². The van der Waals surface area contributed by atoms with Gasteiger partial charge in [0.25, 0.3) is 0 Å². The average molecular weight is 525 g/mol. The molecular formula is C27H40N8O3. The summed E-state index contributed by atoms with van der Waals surface area (Å²) < 4.78 is 1.45. The van der Waals surface area contributed by atoms with Crippen LogP contribution in [0.25, 0.3) is 5.69 Å². The van der Waals surface area contributed by atoms with Crippen molar-refractivity contribution in [2.24, 2.45) is 17.4 Å². The van der Waals surface area contributed by atoms with Crippen LogP contribution in [0.15, 0.2) is 41.3 Å². The number of hydrogen-bond donors (Lipinski definition) is 3. The van der Waals surface area contributed by atoms with E-state index in [1.165, 1.54) is 16.6 Å². The van der Waals surface area contributed by atoms with Gasteiger partial charge in [-0.05, 0) is 82.4 Å². The van der Waals surface area contributed by atoms with E-state index < -0.39 is 11.2 Å². The number of nitrogens with one attached hydrogen (secondary N) is 1. The van der Waals surface area contributed by atoms with E-state index >= 15 is 0 Å². The molecule has 2 aliphatic rings. The topological polar surface area (TPSA) is 143 Å². The lowest BCUT2D eigenvalue weighted by Crippen LogP contribution is -2.58. The summed E-state index contributed by atoms with van der Waals surface area (Å²) in [5, 5.41) is 2.69. The molecule has 1 aromatic heterocycles. The molecule has 1 atom stereocenters. The Morgan fingerprint density at radius 1 is 1.05 bits per heavy atom. The number of nitrogens with zero attached hydrogens (tertiary/aromatic N) is 5. The second kappa shape index (κ2) is 12.1. The Hall–Kier alpha value is -3.28. The molecule has 0 saturated carbocycles. The van der Waals surface area contributed by atoms with Gasteiger partial charge in [0.05, 0.1) is 11.2 Å². The Morgan fingerprint density at radius 2 is 1.74 bits per heavy atom. The van der Waals surface area contributed by atoms with E-state index in [0.29, 0.717) is 32.1 Å². The maximum Gasteiger partial charge on any atom is 0.354 e. The molecule has 11 heteroatoms. The number of benzene rings is 1. The predicted octanol–water partition coefficient (Wildman–Crippen LogP) is 0.859. The molecule has 2 aromatic rings. The minimum atomic E-state index is -0.943. The highest BCUT2D eigenvalue weighted by molar-refractivity contribution is 5.89. The number of likely N-dealkylation sites (tertiary alicyclic amines) is 1. The summed E-state index contributed by atoms with van der Waals surface area (Å²) in [4.78, 5) is 47.5. The number of urea groups is 1. The number of piperazine rings is 1. The van der Waals surface area contributed by atoms with Crippen molar-refractivity contribution >= 4 is 17.8 Å². The van der Waals surface area contributed by atoms with E-state index in [0.717, 1.165) is 44.7 Å². The van der Waals surface area contributed by atoms with Crippen LogP contribution in [0.2, 0.25) is 0 Å². The van der Waals surface area contributed by atoms with E-state index in [1.807, 2.05) is 24.3 Å². The van der Waals surface area contributed by atoms with Gasteiger partial charge in [0, 0.05) is 38.9 Å². The molecule has 38 heavy (non-hydrogen) atoms. The fourth-order valence-corrected chi connectivity index (χ4v) is 5.02. The van der Waals surface area contributed by atoms with Crippen molar-refractivity contribution in [1.82, 2.24) is 24.3 Å². The van der Waals surface area contributed by atoms with Gasteiger partial charge in [-0.3, -0.25) is 14.7 Å². The maximum absolute atomic E-state index is 12.7. The third-order valence-electron chi connectivity index (χ3n) is 7.30. The van der Waals surface area contributed by atoms with Crippen molar-refractivity contribution in [3.63, 3.8) is 0 Å². The maximum atomic E-state index is 12.7. The SMILES string of the molecule is CC(C)(N)C(=O)N1CCN(C(=O)Nc2ccn(-c3ccc(CCCN4CCC(CN)C4)cc3)c(=O)n2)CC1. The van der Waals surface area contributed by atoms with Crippen molar-refractivity contribution in [2.75, 3.05) is 57.7 Å². The largest absolute Gasteiger partial charge is 0.354 e. The van der Waals surface area contributed by atoms with Crippen molar-refractivity contribution in [3.8, 4) is 5.69 Å². The summed E-state index contributed by atoms with van der Waals surface area (Å²) in [5.41, 5.74) is 12.2. The lowest BCUT2D eigenvalue weighted by Gasteiger charge is -2.37. The van der Waals surface area contributed by atoms with Gasteiger partial charge >= 0.3 is 11.7 Å². The number of aryl methyl sites for hydroxylation is 1. The first-order valence-corrected chi connectivity index (χ1v) is 13.4. The minimum Gasteiger partial charge on any atom is -0.338 e. The average Bonchev–Trinajstić information content (AvgIpc) is 3.36. The van der Waals surface area contributed by atoms with Gasteiger partial charge in [-0.25, -0.2) is 9.59 Å². The molecular weight excluding hydrogens is 484 g/mol. The Bertz CT molecular complexity index is 1170. The lowest BCUT2D eigenvalue weighted by atomic mass is 10.1. The molecule has 2 aliphatic heterocycles. The Balaban J connectivity index is 1.27. The Kier molecular flexibility index (Phi) is 8.80. The van der Waals surface area contributed by atoms with Crippen molar-refractivity contribution < 1.29 is 9.59 Å². The zero-order valence-corrected chi connectivity index (χ0v) is 22.4. The van der Waals surface area contributed by atoms with Crippen molar-refractivity contribution in [2.45, 2.75) is 38.6 Å². The molecule has 0 aliphatic carbocycles. The summed E-state index contributed by atoms with van der Waals surface area (Å²) in [6, 6.07) is 9.17. The first kappa shape index (κ1) is 27.7. The number of anilines is 1. The zero-order chi connectivity index (χ0) is 27.3. The quantitative estimate of drug-likeness (QED) is 0.465. The molecule has 4 rings (SSSR count). The molecule has 2 fully saturated rings. The van der Waals surface area contributed by atoms with Gasteiger partial charge in [-0.1, -0.05) is 12.1 Å². The first-order chi connectivity index (χ1) is 18.1. The number of nitrogens with two attached hydrogens (primary N) is 2. The summed E-state index contributed by atoms with van der Waals surface area (Å²) in [5.74, 6) is 0.685. The summed E-state index contributed by atoms with van der Waals surface area (Å²) in [6.45, 7) is 9.01. The monoisotopic (exact) mass is 524 g/mol. The van der Waals surface area contributed by atoms with Gasteiger partial charge in [-0.15, -0.1) is 0 Å². The molecule has 0 radical (unpaired) electrons. The smallest absolute Gasteiger partial charge is 0.338 e. The second-order valence-corrected chi connectivity index (χ2v) is 10.9. The first-order valence-electron chi connectivity index (χ1n) is 13.4. The van der Waals surface area contributed by atoms with Gasteiger partial charge < -0.3 is 26.2 Å². The molecule has 5 N–H and O–H groups in total. The van der Waals surface area contributed by atoms with Gasteiger partial charge in [0.1, 0.15) is 5.82 Å². The normalized spacial score (nSPS) is 18.6. The van der Waals surface area contributed by atoms with Crippen LogP contribution in [0.4, 0.5) is 10.6 Å². The number of hydrogen-bond acceptors (Lipinski definition) is 7. The number of carbonyl (C=O) groups is 2. The number of rotatable bonds is 8. The van der Waals surface area contributed by atoms with Gasteiger partial charge in [0.2, 0.25) is 5.91 Å². The van der Waals surface area contributed by atoms with Crippen LogP contribution in [-0.4, -0.2) is 94.1 Å². The molecule has 206 valence electrons. The molecule has 3 amide bonds. The van der Waals surface area contributed by atoms with E-state index in [1.54, 1.807) is 35.9 Å². The van der Waals surface area contributed by atoms with Crippen LogP contribution < -0.4 is 22.5 Å². The van der Waals surface area contributed by atoms with Crippen LogP contribution in [-0.2, 0) is 11.2 Å². The van der Waals surface area contributed by atoms with Gasteiger partial charge in [0.15, 0.2) is 0 Å². The Morgan fingerprint density at radius 3 is 2.34 bits per heavy atom. The van der Waals surface area contributed by atoms with E-state index in [-0.39, 0.29) is 17.8 Å². The number of aromatic nitrogens is 2.